The Morgan fingerprint density at radius 3 is 0.576 bits per heavy atom. The molecule has 0 spiro atoms. The first-order valence-electron chi connectivity index (χ1n) is 11.3. The average Bonchev–Trinajstić information content (AvgIpc) is 2.88. The normalized spacial score (nSPS) is 8.06. The molecule has 0 aliphatic heterocycles. The summed E-state index contributed by atoms with van der Waals surface area (Å²) in [6.45, 7) is 8.00. The monoisotopic (exact) mass is 568 g/mol. The van der Waals surface area contributed by atoms with Crippen LogP contribution in [-0.4, -0.2) is 49.4 Å². The van der Waals surface area contributed by atoms with E-state index in [-0.39, 0.29) is 0 Å². The molecule has 0 fully saturated rings. The van der Waals surface area contributed by atoms with Gasteiger partial charge >= 0.3 is 30.9 Å². The second kappa shape index (κ2) is 30.1. The molecule has 4 aromatic rings. The number of fused-ring (bicyclic) bond motifs is 2. The zero-order valence-electron chi connectivity index (χ0n) is 22.5. The van der Waals surface area contributed by atoms with Gasteiger partial charge in [0.25, 0.3) is 0 Å². The smallest absolute Gasteiger partial charge is 0.0184 e. The van der Waals surface area contributed by atoms with E-state index < -0.39 is 0 Å². The third-order valence-electron chi connectivity index (χ3n) is 3.32. The molecular weight excluding hydrogens is 520 g/mol. The molecule has 2 nitrogen and oxygen atoms in total. The molecule has 0 aliphatic rings. The summed E-state index contributed by atoms with van der Waals surface area (Å²) in [4.78, 5) is 4.51. The van der Waals surface area contributed by atoms with Gasteiger partial charge in [0.2, 0.25) is 0 Å². The van der Waals surface area contributed by atoms with Crippen molar-refractivity contribution in [2.45, 2.75) is 37.6 Å². The fourth-order valence-electron chi connectivity index (χ4n) is 2.27. The molecule has 0 saturated heterocycles. The van der Waals surface area contributed by atoms with Crippen molar-refractivity contribution in [1.29, 1.82) is 0 Å². The Bertz CT molecular complexity index is 672. The van der Waals surface area contributed by atoms with Gasteiger partial charge in [-0.3, -0.25) is 0 Å². The minimum Gasteiger partial charge on any atom is -0.0616 e. The third kappa shape index (κ3) is 20.4. The molecule has 0 amide bonds. The molecule has 184 valence electrons. The Morgan fingerprint density at radius 2 is 0.485 bits per heavy atom. The van der Waals surface area contributed by atoms with Crippen LogP contribution in [0.4, 0.5) is 0 Å². The first kappa shape index (κ1) is 35.7. The Balaban J connectivity index is -0.000000366. The Labute approximate surface area is 214 Å². The Morgan fingerprint density at radius 1 is 0.394 bits per heavy atom. The maximum Gasteiger partial charge on any atom is -0.0184 e. The summed E-state index contributed by atoms with van der Waals surface area (Å²) >= 11 is 0.470. The van der Waals surface area contributed by atoms with Crippen LogP contribution in [0.2, 0.25) is 9.94 Å². The van der Waals surface area contributed by atoms with Crippen LogP contribution in [-0.2, 0) is 9.47 Å². The molecule has 0 radical (unpaired) electrons. The van der Waals surface area contributed by atoms with Gasteiger partial charge in [-0.2, -0.15) is 0 Å². The maximum absolute atomic E-state index is 4.25. The second-order valence-electron chi connectivity index (χ2n) is 5.92. The van der Waals surface area contributed by atoms with Gasteiger partial charge in [-0.1, -0.05) is 125 Å². The molecule has 0 unspecified atom stereocenters. The number of benzene rings is 4. The first-order chi connectivity index (χ1) is 16.2. The number of hydrogen-bond acceptors (Lipinski definition) is 2. The van der Waals surface area contributed by atoms with Crippen molar-refractivity contribution in [3.63, 3.8) is 0 Å². The van der Waals surface area contributed by atoms with Crippen LogP contribution in [0.1, 0.15) is 27.7 Å². The van der Waals surface area contributed by atoms with Crippen molar-refractivity contribution >= 4 is 42.5 Å². The van der Waals surface area contributed by atoms with E-state index in [0.717, 1.165) is 0 Å². The third-order valence-corrected chi connectivity index (χ3v) is 3.32. The molecule has 0 aliphatic carbocycles. The molecule has 0 atom stereocenters. The number of hydrogen-bond donors (Lipinski definition) is 0. The molecule has 0 N–H and O–H groups in total. The SMILES string of the molecule is CC.CC.COC.COC.C[Te]C.c1ccc2ccccc2c1.c1ccc2ccccc2c1. The minimum absolute atomic E-state index is 0.470. The molecule has 0 saturated carbocycles. The van der Waals surface area contributed by atoms with Gasteiger partial charge in [0.15, 0.2) is 0 Å². The molecular formula is C30H46O2Te. The zero-order chi connectivity index (χ0) is 25.7. The van der Waals surface area contributed by atoms with Crippen molar-refractivity contribution in [3.8, 4) is 0 Å². The van der Waals surface area contributed by atoms with E-state index in [1.54, 1.807) is 28.4 Å². The standard InChI is InChI=1S/2C10H8.2C2H6O.C2H6Te.2C2H6/c2*1-2-6-10-8-4-3-7-9(10)5-1;3*1-3-2;2*1-2/h2*1-8H;3*1-2H3;2*1-2H3. The Hall–Kier alpha value is -1.89. The molecule has 0 bridgehead atoms. The molecule has 33 heavy (non-hydrogen) atoms. The van der Waals surface area contributed by atoms with E-state index >= 15 is 0 Å². The van der Waals surface area contributed by atoms with Crippen molar-refractivity contribution < 1.29 is 9.47 Å². The fraction of sp³-hybridized carbons (Fsp3) is 0.333. The topological polar surface area (TPSA) is 18.5 Å². The van der Waals surface area contributed by atoms with E-state index in [1.165, 1.54) is 21.5 Å². The van der Waals surface area contributed by atoms with Gasteiger partial charge < -0.3 is 9.47 Å². The number of methoxy groups -OCH3 is 2. The zero-order valence-corrected chi connectivity index (χ0v) is 24.8. The molecule has 0 aromatic heterocycles. The van der Waals surface area contributed by atoms with Crippen LogP contribution in [0.25, 0.3) is 21.5 Å². The predicted octanol–water partition coefficient (Wildman–Crippen LogP) is 9.04. The second-order valence-corrected chi connectivity index (χ2v) is 8.25. The maximum atomic E-state index is 4.25. The number of rotatable bonds is 0. The van der Waals surface area contributed by atoms with Crippen LogP contribution in [0.5, 0.6) is 0 Å². The summed E-state index contributed by atoms with van der Waals surface area (Å²) < 4.78 is 8.50. The summed E-state index contributed by atoms with van der Waals surface area (Å²) in [7, 11) is 6.50. The molecule has 4 aromatic carbocycles. The van der Waals surface area contributed by atoms with Gasteiger partial charge in [-0.05, 0) is 21.5 Å². The minimum atomic E-state index is 0.470. The first-order valence-corrected chi connectivity index (χ1v) is 15.9. The molecule has 3 heteroatoms. The summed E-state index contributed by atoms with van der Waals surface area (Å²) in [5.41, 5.74) is 0. The van der Waals surface area contributed by atoms with Crippen molar-refractivity contribution in [3.05, 3.63) is 97.1 Å². The van der Waals surface area contributed by atoms with Crippen LogP contribution in [0, 0.1) is 0 Å². The fourth-order valence-corrected chi connectivity index (χ4v) is 2.27. The van der Waals surface area contributed by atoms with E-state index in [2.05, 4.69) is 116 Å². The van der Waals surface area contributed by atoms with Crippen LogP contribution in [0.3, 0.4) is 0 Å². The van der Waals surface area contributed by atoms with E-state index in [1.807, 2.05) is 27.7 Å². The van der Waals surface area contributed by atoms with Crippen LogP contribution >= 0.6 is 0 Å². The summed E-state index contributed by atoms with van der Waals surface area (Å²) in [5.74, 6) is 0. The summed E-state index contributed by atoms with van der Waals surface area (Å²) in [6, 6.07) is 33.4. The van der Waals surface area contributed by atoms with Crippen molar-refractivity contribution in [2.75, 3.05) is 28.4 Å². The van der Waals surface area contributed by atoms with E-state index in [9.17, 15) is 0 Å². The van der Waals surface area contributed by atoms with Crippen molar-refractivity contribution in [1.82, 2.24) is 0 Å². The predicted molar refractivity (Wildman–Crippen MR) is 154 cm³/mol. The number of ether oxygens (including phenoxy) is 2. The quantitative estimate of drug-likeness (QED) is 0.198. The molecule has 0 heterocycles. The van der Waals surface area contributed by atoms with Gasteiger partial charge in [0.1, 0.15) is 0 Å². The molecule has 4 rings (SSSR count). The van der Waals surface area contributed by atoms with Crippen molar-refractivity contribution in [2.24, 2.45) is 0 Å². The summed E-state index contributed by atoms with van der Waals surface area (Å²) in [5, 5.41) is 5.24. The van der Waals surface area contributed by atoms with Gasteiger partial charge in [0, 0.05) is 28.4 Å². The van der Waals surface area contributed by atoms with Gasteiger partial charge in [-0.15, -0.1) is 0 Å². The van der Waals surface area contributed by atoms with E-state index in [0.29, 0.717) is 20.9 Å². The largest absolute Gasteiger partial charge is 0.0616 e. The average molecular weight is 566 g/mol. The van der Waals surface area contributed by atoms with Crippen LogP contribution in [0.15, 0.2) is 97.1 Å². The van der Waals surface area contributed by atoms with E-state index in [4.69, 9.17) is 0 Å². The van der Waals surface area contributed by atoms with Crippen LogP contribution < -0.4 is 0 Å². The van der Waals surface area contributed by atoms with Gasteiger partial charge in [-0.25, -0.2) is 0 Å². The Kier molecular flexibility index (Phi) is 32.6. The summed E-state index contributed by atoms with van der Waals surface area (Å²) in [6.07, 6.45) is 0. The van der Waals surface area contributed by atoms with Gasteiger partial charge in [0.05, 0.1) is 0 Å².